The minimum atomic E-state index is -0.486. The van der Waals surface area contributed by atoms with Gasteiger partial charge >= 0.3 is 0 Å². The van der Waals surface area contributed by atoms with Crippen LogP contribution in [0.5, 0.6) is 5.75 Å². The minimum Gasteiger partial charge on any atom is -0.480 e. The van der Waals surface area contributed by atoms with Gasteiger partial charge in [-0.2, -0.15) is 0 Å². The van der Waals surface area contributed by atoms with Crippen LogP contribution in [-0.2, 0) is 4.79 Å². The highest BCUT2D eigenvalue weighted by Crippen LogP contribution is 2.26. The lowest BCUT2D eigenvalue weighted by Crippen LogP contribution is -2.36. The maximum absolute atomic E-state index is 11.6. The Morgan fingerprint density at radius 1 is 1.53 bits per heavy atom. The topological polar surface area (TPSA) is 38.3 Å². The molecule has 0 heterocycles. The smallest absolute Gasteiger partial charge is 0.260 e. The van der Waals surface area contributed by atoms with Gasteiger partial charge in [0.15, 0.2) is 6.10 Å². The van der Waals surface area contributed by atoms with Gasteiger partial charge in [0.05, 0.1) is 4.47 Å². The van der Waals surface area contributed by atoms with Gasteiger partial charge in [0.1, 0.15) is 5.75 Å². The van der Waals surface area contributed by atoms with Crippen LogP contribution in [0.4, 0.5) is 0 Å². The van der Waals surface area contributed by atoms with Crippen molar-refractivity contribution in [2.24, 2.45) is 0 Å². The first-order valence-electron chi connectivity index (χ1n) is 5.75. The largest absolute Gasteiger partial charge is 0.480 e. The van der Waals surface area contributed by atoms with Crippen molar-refractivity contribution in [2.75, 3.05) is 6.54 Å². The molecule has 4 heteroatoms. The fourth-order valence-corrected chi connectivity index (χ4v) is 1.92. The van der Waals surface area contributed by atoms with E-state index < -0.39 is 6.10 Å². The number of carbonyl (C=O) groups excluding carboxylic acids is 1. The summed E-state index contributed by atoms with van der Waals surface area (Å²) in [7, 11) is 0. The fourth-order valence-electron chi connectivity index (χ4n) is 1.34. The Morgan fingerprint density at radius 3 is 2.82 bits per heavy atom. The Balaban J connectivity index is 2.61. The zero-order valence-corrected chi connectivity index (χ0v) is 12.0. The van der Waals surface area contributed by atoms with Crippen LogP contribution in [0.1, 0.15) is 25.8 Å². The van der Waals surface area contributed by atoms with Crippen molar-refractivity contribution in [3.63, 3.8) is 0 Å². The van der Waals surface area contributed by atoms with Gasteiger partial charge in [0.2, 0.25) is 0 Å². The average Bonchev–Trinajstić information content (AvgIpc) is 2.29. The lowest BCUT2D eigenvalue weighted by atomic mass is 10.2. The molecule has 1 aromatic carbocycles. The van der Waals surface area contributed by atoms with Crippen molar-refractivity contribution in [1.82, 2.24) is 5.32 Å². The minimum absolute atomic E-state index is 0.0840. The highest BCUT2D eigenvalue weighted by molar-refractivity contribution is 9.10. The molecule has 17 heavy (non-hydrogen) atoms. The van der Waals surface area contributed by atoms with E-state index in [1.54, 1.807) is 6.92 Å². The molecule has 1 aromatic rings. The van der Waals surface area contributed by atoms with Gasteiger partial charge in [-0.05, 0) is 53.9 Å². The Kier molecular flexibility index (Phi) is 5.48. The molecule has 1 N–H and O–H groups in total. The molecule has 0 aliphatic rings. The third-order valence-electron chi connectivity index (χ3n) is 2.31. The van der Waals surface area contributed by atoms with Crippen LogP contribution in [0.3, 0.4) is 0 Å². The lowest BCUT2D eigenvalue weighted by molar-refractivity contribution is -0.127. The van der Waals surface area contributed by atoms with E-state index in [0.717, 1.165) is 16.5 Å². The third kappa shape index (κ3) is 4.38. The quantitative estimate of drug-likeness (QED) is 0.907. The zero-order chi connectivity index (χ0) is 12.8. The fraction of sp³-hybridized carbons (Fsp3) is 0.462. The number of rotatable bonds is 5. The molecular weight excluding hydrogens is 282 g/mol. The van der Waals surface area contributed by atoms with E-state index in [4.69, 9.17) is 4.74 Å². The zero-order valence-electron chi connectivity index (χ0n) is 10.4. The number of carbonyl (C=O) groups is 1. The van der Waals surface area contributed by atoms with Gasteiger partial charge in [0.25, 0.3) is 5.91 Å². The van der Waals surface area contributed by atoms with E-state index >= 15 is 0 Å². The SMILES string of the molecule is CCCNC(=O)C(C)Oc1ccc(C)cc1Br. The third-order valence-corrected chi connectivity index (χ3v) is 2.93. The van der Waals surface area contributed by atoms with E-state index in [1.165, 1.54) is 0 Å². The first-order chi connectivity index (χ1) is 8.04. The number of amides is 1. The predicted molar refractivity (Wildman–Crippen MR) is 72.3 cm³/mol. The van der Waals surface area contributed by atoms with E-state index in [9.17, 15) is 4.79 Å². The second kappa shape index (κ2) is 6.64. The molecule has 1 atom stereocenters. The van der Waals surface area contributed by atoms with Gasteiger partial charge in [-0.1, -0.05) is 13.0 Å². The molecule has 94 valence electrons. The van der Waals surface area contributed by atoms with Gasteiger partial charge in [-0.15, -0.1) is 0 Å². The molecule has 1 rings (SSSR count). The van der Waals surface area contributed by atoms with Crippen LogP contribution in [-0.4, -0.2) is 18.6 Å². The lowest BCUT2D eigenvalue weighted by Gasteiger charge is -2.15. The van der Waals surface area contributed by atoms with Crippen LogP contribution in [0.15, 0.2) is 22.7 Å². The summed E-state index contributed by atoms with van der Waals surface area (Å²) in [5, 5.41) is 2.80. The van der Waals surface area contributed by atoms with Gasteiger partial charge < -0.3 is 10.1 Å². The molecule has 0 saturated heterocycles. The summed E-state index contributed by atoms with van der Waals surface area (Å²) < 4.78 is 6.47. The molecule has 0 bridgehead atoms. The van der Waals surface area contributed by atoms with Crippen LogP contribution >= 0.6 is 15.9 Å². The number of hydrogen-bond donors (Lipinski definition) is 1. The highest BCUT2D eigenvalue weighted by atomic mass is 79.9. The Labute approximate surface area is 111 Å². The summed E-state index contributed by atoms with van der Waals surface area (Å²) in [6, 6.07) is 5.78. The maximum atomic E-state index is 11.6. The van der Waals surface area contributed by atoms with E-state index in [0.29, 0.717) is 12.3 Å². The molecule has 0 saturated carbocycles. The number of aryl methyl sites for hydroxylation is 1. The first kappa shape index (κ1) is 14.0. The second-order valence-corrected chi connectivity index (χ2v) is 4.84. The van der Waals surface area contributed by atoms with Gasteiger partial charge in [0, 0.05) is 6.54 Å². The molecule has 1 amide bonds. The summed E-state index contributed by atoms with van der Waals surface area (Å²) in [5.41, 5.74) is 1.15. The molecule has 1 unspecified atom stereocenters. The van der Waals surface area contributed by atoms with Gasteiger partial charge in [-0.3, -0.25) is 4.79 Å². The van der Waals surface area contributed by atoms with Crippen molar-refractivity contribution in [3.8, 4) is 5.75 Å². The van der Waals surface area contributed by atoms with Crippen molar-refractivity contribution >= 4 is 21.8 Å². The first-order valence-corrected chi connectivity index (χ1v) is 6.54. The molecule has 0 fully saturated rings. The normalized spacial score (nSPS) is 12.0. The van der Waals surface area contributed by atoms with Crippen molar-refractivity contribution in [2.45, 2.75) is 33.3 Å². The number of nitrogens with one attached hydrogen (secondary N) is 1. The molecule has 0 aliphatic carbocycles. The Bertz CT molecular complexity index is 393. The number of ether oxygens (including phenoxy) is 1. The summed E-state index contributed by atoms with van der Waals surface area (Å²) in [5.74, 6) is 0.606. The highest BCUT2D eigenvalue weighted by Gasteiger charge is 2.14. The van der Waals surface area contributed by atoms with Gasteiger partial charge in [-0.25, -0.2) is 0 Å². The maximum Gasteiger partial charge on any atom is 0.260 e. The number of halogens is 1. The molecule has 0 aliphatic heterocycles. The summed E-state index contributed by atoms with van der Waals surface area (Å²) in [6.07, 6.45) is 0.438. The van der Waals surface area contributed by atoms with Crippen molar-refractivity contribution < 1.29 is 9.53 Å². The number of benzene rings is 1. The van der Waals surface area contributed by atoms with E-state index in [1.807, 2.05) is 32.0 Å². The van der Waals surface area contributed by atoms with Crippen LogP contribution in [0, 0.1) is 6.92 Å². The van der Waals surface area contributed by atoms with Crippen molar-refractivity contribution in [3.05, 3.63) is 28.2 Å². The Hall–Kier alpha value is -1.03. The molecule has 0 spiro atoms. The molecule has 0 aromatic heterocycles. The summed E-state index contributed by atoms with van der Waals surface area (Å²) >= 11 is 3.42. The second-order valence-electron chi connectivity index (χ2n) is 3.98. The average molecular weight is 300 g/mol. The predicted octanol–water partition coefficient (Wildman–Crippen LogP) is 3.05. The number of hydrogen-bond acceptors (Lipinski definition) is 2. The van der Waals surface area contributed by atoms with E-state index in [-0.39, 0.29) is 5.91 Å². The molecular formula is C13H18BrNO2. The Morgan fingerprint density at radius 2 is 2.24 bits per heavy atom. The van der Waals surface area contributed by atoms with Crippen LogP contribution in [0.2, 0.25) is 0 Å². The molecule has 3 nitrogen and oxygen atoms in total. The standard InChI is InChI=1S/C13H18BrNO2/c1-4-7-15-13(16)10(3)17-12-6-5-9(2)8-11(12)14/h5-6,8,10H,4,7H2,1-3H3,(H,15,16). The van der Waals surface area contributed by atoms with E-state index in [2.05, 4.69) is 21.2 Å². The summed E-state index contributed by atoms with van der Waals surface area (Å²) in [6.45, 7) is 6.45. The van der Waals surface area contributed by atoms with Crippen molar-refractivity contribution in [1.29, 1.82) is 0 Å². The monoisotopic (exact) mass is 299 g/mol. The van der Waals surface area contributed by atoms with Crippen LogP contribution < -0.4 is 10.1 Å². The van der Waals surface area contributed by atoms with Crippen LogP contribution in [0.25, 0.3) is 0 Å². The summed E-state index contributed by atoms with van der Waals surface area (Å²) in [4.78, 5) is 11.6. The molecule has 0 radical (unpaired) electrons.